The van der Waals surface area contributed by atoms with E-state index in [-0.39, 0.29) is 0 Å². The van der Waals surface area contributed by atoms with Gasteiger partial charge in [-0.3, -0.25) is 4.40 Å². The van der Waals surface area contributed by atoms with Gasteiger partial charge >= 0.3 is 0 Å². The van der Waals surface area contributed by atoms with Gasteiger partial charge in [-0.1, -0.05) is 36.4 Å². The number of hydrogen-bond acceptors (Lipinski definition) is 4. The smallest absolute Gasteiger partial charge is 0.171 e. The molecule has 2 aromatic carbocycles. The van der Waals surface area contributed by atoms with Crippen LogP contribution < -0.4 is 0 Å². The van der Waals surface area contributed by atoms with Gasteiger partial charge in [0.1, 0.15) is 12.2 Å². The number of aliphatic hydroxyl groups excluding tert-OH is 1. The predicted molar refractivity (Wildman–Crippen MR) is 89.1 cm³/mol. The third-order valence-corrected chi connectivity index (χ3v) is 4.00. The van der Waals surface area contributed by atoms with Crippen molar-refractivity contribution in [1.29, 1.82) is 0 Å². The van der Waals surface area contributed by atoms with Gasteiger partial charge in [-0.05, 0) is 25.5 Å². The van der Waals surface area contributed by atoms with Crippen LogP contribution in [-0.4, -0.2) is 24.7 Å². The quantitative estimate of drug-likeness (QED) is 0.617. The molecule has 0 amide bonds. The molecule has 1 unspecified atom stereocenters. The van der Waals surface area contributed by atoms with Crippen molar-refractivity contribution in [3.8, 4) is 11.4 Å². The van der Waals surface area contributed by atoms with Crippen molar-refractivity contribution in [3.05, 3.63) is 59.9 Å². The summed E-state index contributed by atoms with van der Waals surface area (Å²) in [5.74, 6) is 0.767. The van der Waals surface area contributed by atoms with Crippen LogP contribution in [0.2, 0.25) is 0 Å². The molecule has 0 fully saturated rings. The number of aliphatic hydroxyl groups is 1. The van der Waals surface area contributed by atoms with E-state index < -0.39 is 6.10 Å². The van der Waals surface area contributed by atoms with E-state index in [2.05, 4.69) is 10.2 Å². The van der Waals surface area contributed by atoms with E-state index >= 15 is 0 Å². The topological polar surface area (TPSA) is 63.3 Å². The molecule has 2 aromatic heterocycles. The van der Waals surface area contributed by atoms with Gasteiger partial charge in [-0.2, -0.15) is 0 Å². The molecule has 0 bridgehead atoms. The van der Waals surface area contributed by atoms with Crippen LogP contribution in [0.3, 0.4) is 0 Å². The zero-order valence-electron chi connectivity index (χ0n) is 12.9. The maximum absolute atomic E-state index is 10.1. The average molecular weight is 304 g/mol. The molecule has 0 aliphatic rings. The highest BCUT2D eigenvalue weighted by atomic mass is 16.3. The van der Waals surface area contributed by atoms with Crippen molar-refractivity contribution in [3.63, 3.8) is 0 Å². The highest BCUT2D eigenvalue weighted by Crippen LogP contribution is 2.30. The van der Waals surface area contributed by atoms with Crippen molar-refractivity contribution < 1.29 is 5.11 Å². The van der Waals surface area contributed by atoms with Gasteiger partial charge < -0.3 is 5.11 Å². The molecule has 0 saturated heterocycles. The number of nitrogens with zero attached hydrogens (tertiary/aromatic N) is 4. The first-order valence-corrected chi connectivity index (χ1v) is 7.52. The molecule has 0 spiro atoms. The largest absolute Gasteiger partial charge is 0.389 e. The number of aryl methyl sites for hydroxylation is 1. The molecule has 4 rings (SSSR count). The van der Waals surface area contributed by atoms with Crippen LogP contribution in [0.15, 0.2) is 48.8 Å². The summed E-state index contributed by atoms with van der Waals surface area (Å²) >= 11 is 0. The normalized spacial score (nSPS) is 12.8. The van der Waals surface area contributed by atoms with E-state index in [0.29, 0.717) is 0 Å². The molecule has 1 atom stereocenters. The SMILES string of the molecule is Cc1cc(C(C)O)c2nc(-c3ccccc3)n3cnnc3c2c1. The maximum atomic E-state index is 10.1. The van der Waals surface area contributed by atoms with Gasteiger partial charge in [0.15, 0.2) is 5.65 Å². The van der Waals surface area contributed by atoms with Gasteiger partial charge in [-0.25, -0.2) is 4.98 Å². The molecule has 1 N–H and O–H groups in total. The molecule has 2 heterocycles. The van der Waals surface area contributed by atoms with Gasteiger partial charge in [0.25, 0.3) is 0 Å². The minimum absolute atomic E-state index is 0.598. The highest BCUT2D eigenvalue weighted by Gasteiger charge is 2.16. The average Bonchev–Trinajstić information content (AvgIpc) is 3.04. The summed E-state index contributed by atoms with van der Waals surface area (Å²) in [5, 5.41) is 19.4. The van der Waals surface area contributed by atoms with Gasteiger partial charge in [0, 0.05) is 16.5 Å². The molecule has 0 radical (unpaired) electrons. The molecule has 114 valence electrons. The first-order chi connectivity index (χ1) is 11.1. The Labute approximate surface area is 133 Å². The molecule has 0 saturated carbocycles. The number of aromatic nitrogens is 4. The monoisotopic (exact) mass is 304 g/mol. The number of fused-ring (bicyclic) bond motifs is 3. The fourth-order valence-corrected chi connectivity index (χ4v) is 2.94. The molecular formula is C18H16N4O. The Kier molecular flexibility index (Phi) is 3.09. The second-order valence-electron chi connectivity index (χ2n) is 5.75. The lowest BCUT2D eigenvalue weighted by molar-refractivity contribution is 0.200. The van der Waals surface area contributed by atoms with E-state index in [1.807, 2.05) is 53.8 Å². The van der Waals surface area contributed by atoms with E-state index in [4.69, 9.17) is 4.98 Å². The number of hydrogen-bond donors (Lipinski definition) is 1. The molecule has 5 nitrogen and oxygen atoms in total. The summed E-state index contributed by atoms with van der Waals surface area (Å²) in [6.07, 6.45) is 1.08. The Balaban J connectivity index is 2.17. The second-order valence-corrected chi connectivity index (χ2v) is 5.75. The van der Waals surface area contributed by atoms with Gasteiger partial charge in [-0.15, -0.1) is 10.2 Å². The van der Waals surface area contributed by atoms with Crippen LogP contribution in [0.1, 0.15) is 24.2 Å². The fourth-order valence-electron chi connectivity index (χ4n) is 2.94. The Morgan fingerprint density at radius 3 is 2.65 bits per heavy atom. The first kappa shape index (κ1) is 13.8. The molecule has 5 heteroatoms. The number of benzene rings is 2. The van der Waals surface area contributed by atoms with E-state index in [1.165, 1.54) is 0 Å². The first-order valence-electron chi connectivity index (χ1n) is 7.52. The van der Waals surface area contributed by atoms with Crippen molar-refractivity contribution in [2.75, 3.05) is 0 Å². The molecule has 23 heavy (non-hydrogen) atoms. The van der Waals surface area contributed by atoms with Crippen molar-refractivity contribution in [2.45, 2.75) is 20.0 Å². The van der Waals surface area contributed by atoms with Gasteiger partial charge in [0.05, 0.1) is 11.6 Å². The lowest BCUT2D eigenvalue weighted by Crippen LogP contribution is -2.02. The minimum Gasteiger partial charge on any atom is -0.389 e. The molecule has 0 aliphatic carbocycles. The number of rotatable bonds is 2. The summed E-state index contributed by atoms with van der Waals surface area (Å²) < 4.78 is 1.89. The third kappa shape index (κ3) is 2.17. The zero-order chi connectivity index (χ0) is 16.0. The van der Waals surface area contributed by atoms with Crippen LogP contribution in [0.4, 0.5) is 0 Å². The van der Waals surface area contributed by atoms with Crippen LogP contribution in [0, 0.1) is 6.92 Å². The summed E-state index contributed by atoms with van der Waals surface area (Å²) in [6.45, 7) is 3.76. The van der Waals surface area contributed by atoms with Crippen molar-refractivity contribution in [1.82, 2.24) is 19.6 Å². The highest BCUT2D eigenvalue weighted by molar-refractivity contribution is 5.95. The van der Waals surface area contributed by atoms with Crippen LogP contribution in [0.5, 0.6) is 0 Å². The lowest BCUT2D eigenvalue weighted by atomic mass is 10.0. The predicted octanol–water partition coefficient (Wildman–Crippen LogP) is 3.31. The Morgan fingerprint density at radius 2 is 1.91 bits per heavy atom. The van der Waals surface area contributed by atoms with Crippen LogP contribution in [-0.2, 0) is 0 Å². The van der Waals surface area contributed by atoms with E-state index in [1.54, 1.807) is 13.3 Å². The van der Waals surface area contributed by atoms with Crippen LogP contribution in [0.25, 0.3) is 27.9 Å². The maximum Gasteiger partial charge on any atom is 0.171 e. The molecular weight excluding hydrogens is 288 g/mol. The Morgan fingerprint density at radius 1 is 1.13 bits per heavy atom. The zero-order valence-corrected chi connectivity index (χ0v) is 12.9. The minimum atomic E-state index is -0.598. The Hall–Kier alpha value is -2.79. The summed E-state index contributed by atoms with van der Waals surface area (Å²) in [4.78, 5) is 4.83. The fraction of sp³-hybridized carbons (Fsp3) is 0.167. The van der Waals surface area contributed by atoms with Crippen molar-refractivity contribution in [2.24, 2.45) is 0 Å². The second kappa shape index (κ2) is 5.14. The lowest BCUT2D eigenvalue weighted by Gasteiger charge is -2.13. The van der Waals surface area contributed by atoms with Crippen molar-refractivity contribution >= 4 is 16.6 Å². The summed E-state index contributed by atoms with van der Waals surface area (Å²) in [7, 11) is 0. The van der Waals surface area contributed by atoms with Gasteiger partial charge in [0.2, 0.25) is 0 Å². The Bertz CT molecular complexity index is 1010. The van der Waals surface area contributed by atoms with E-state index in [9.17, 15) is 5.11 Å². The summed E-state index contributed by atoms with van der Waals surface area (Å²) in [6, 6.07) is 13.9. The van der Waals surface area contributed by atoms with E-state index in [0.717, 1.165) is 39.1 Å². The molecule has 4 aromatic rings. The summed E-state index contributed by atoms with van der Waals surface area (Å²) in [5.41, 5.74) is 4.37. The molecule has 0 aliphatic heterocycles. The standard InChI is InChI=1S/C18H16N4O/c1-11-8-14(12(2)23)16-15(9-11)18-21-19-10-22(18)17(20-16)13-6-4-3-5-7-13/h3-10,12,23H,1-2H3. The third-order valence-electron chi connectivity index (χ3n) is 4.00. The van der Waals surface area contributed by atoms with Crippen LogP contribution >= 0.6 is 0 Å².